The first kappa shape index (κ1) is 24.0. The Bertz CT molecular complexity index is 1020. The van der Waals surface area contributed by atoms with Crippen LogP contribution in [-0.4, -0.2) is 17.3 Å². The van der Waals surface area contributed by atoms with Crippen molar-refractivity contribution in [3.05, 3.63) is 86.5 Å². The first-order valence-corrected chi connectivity index (χ1v) is 9.94. The molecule has 0 aromatic heterocycles. The molecule has 0 aliphatic heterocycles. The number of phenolic OH excluding ortho intramolecular Hbond substituents is 2. The largest absolute Gasteiger partial charge is 0.507 e. The van der Waals surface area contributed by atoms with Crippen LogP contribution in [0.15, 0.2) is 36.4 Å². The summed E-state index contributed by atoms with van der Waals surface area (Å²) in [7, 11) is 1.69. The number of phenols is 2. The van der Waals surface area contributed by atoms with E-state index in [1.54, 1.807) is 7.11 Å². The number of aryl methyl sites for hydroxylation is 5. The van der Waals surface area contributed by atoms with Gasteiger partial charge in [0.05, 0.1) is 7.11 Å². The Balaban J connectivity index is 0.00000320. The molecule has 0 unspecified atom stereocenters. The van der Waals surface area contributed by atoms with Crippen molar-refractivity contribution in [1.29, 1.82) is 0 Å². The molecule has 2 N–H and O–H groups in total. The fourth-order valence-electron chi connectivity index (χ4n) is 4.26. The summed E-state index contributed by atoms with van der Waals surface area (Å²) < 4.78 is 5.47. The standard InChI is InChI=1S/C26H30O3.W/c1-15-7-22(13-20-9-16(2)24(27)17(3)10-20)25(28)23(8-15)14-21-11-18(4)26(29-6)19(5)12-21;/h7-12,27-28H,13-14H2,1-6H3;. The van der Waals surface area contributed by atoms with Gasteiger partial charge in [0.2, 0.25) is 0 Å². The molecule has 3 aromatic rings. The van der Waals surface area contributed by atoms with E-state index in [1.807, 2.05) is 45.9 Å². The number of ether oxygens (including phenoxy) is 1. The van der Waals surface area contributed by atoms with Crippen molar-refractivity contribution in [2.75, 3.05) is 7.11 Å². The maximum Gasteiger partial charge on any atom is 0.124 e. The van der Waals surface area contributed by atoms with Crippen LogP contribution in [0.25, 0.3) is 0 Å². The minimum absolute atomic E-state index is 0. The van der Waals surface area contributed by atoms with Crippen LogP contribution in [0.4, 0.5) is 0 Å². The third-order valence-corrected chi connectivity index (χ3v) is 5.48. The molecule has 0 aliphatic carbocycles. The third-order valence-electron chi connectivity index (χ3n) is 5.48. The second-order valence-electron chi connectivity index (χ2n) is 8.13. The molecular weight excluding hydrogens is 544 g/mol. The van der Waals surface area contributed by atoms with Gasteiger partial charge in [-0.2, -0.15) is 0 Å². The molecule has 0 saturated heterocycles. The molecule has 0 spiro atoms. The van der Waals surface area contributed by atoms with E-state index in [9.17, 15) is 10.2 Å². The Hall–Kier alpha value is -2.25. The first-order valence-electron chi connectivity index (χ1n) is 9.94. The van der Waals surface area contributed by atoms with Crippen LogP contribution in [0.2, 0.25) is 0 Å². The van der Waals surface area contributed by atoms with E-state index in [-0.39, 0.29) is 21.1 Å². The predicted octanol–water partition coefficient (Wildman–Crippen LogP) is 5.83. The van der Waals surface area contributed by atoms with E-state index < -0.39 is 0 Å². The number of benzene rings is 3. The van der Waals surface area contributed by atoms with E-state index in [0.717, 1.165) is 55.8 Å². The van der Waals surface area contributed by atoms with Gasteiger partial charge in [-0.05, 0) is 79.1 Å². The summed E-state index contributed by atoms with van der Waals surface area (Å²) in [6.45, 7) is 9.96. The second-order valence-corrected chi connectivity index (χ2v) is 8.13. The van der Waals surface area contributed by atoms with Crippen molar-refractivity contribution in [3.8, 4) is 17.2 Å². The smallest absolute Gasteiger partial charge is 0.124 e. The summed E-state index contributed by atoms with van der Waals surface area (Å²) in [5, 5.41) is 21.0. The van der Waals surface area contributed by atoms with Gasteiger partial charge >= 0.3 is 0 Å². The molecule has 3 nitrogen and oxygen atoms in total. The molecule has 3 aromatic carbocycles. The molecular formula is C26H30O3W. The second kappa shape index (κ2) is 9.70. The molecule has 3 rings (SSSR count). The van der Waals surface area contributed by atoms with Crippen molar-refractivity contribution >= 4 is 0 Å². The quantitative estimate of drug-likeness (QED) is 0.404. The number of hydrogen-bond acceptors (Lipinski definition) is 3. The number of rotatable bonds is 5. The van der Waals surface area contributed by atoms with Crippen LogP contribution < -0.4 is 4.74 Å². The predicted molar refractivity (Wildman–Crippen MR) is 119 cm³/mol. The van der Waals surface area contributed by atoms with Gasteiger partial charge < -0.3 is 14.9 Å². The van der Waals surface area contributed by atoms with Crippen molar-refractivity contribution < 1.29 is 36.0 Å². The van der Waals surface area contributed by atoms with E-state index in [4.69, 9.17) is 4.74 Å². The first-order chi connectivity index (χ1) is 13.7. The molecule has 0 bridgehead atoms. The van der Waals surface area contributed by atoms with Crippen LogP contribution in [0.5, 0.6) is 17.2 Å². The summed E-state index contributed by atoms with van der Waals surface area (Å²) in [6.07, 6.45) is 1.29. The maximum atomic E-state index is 11.0. The van der Waals surface area contributed by atoms with Gasteiger partial charge in [0.25, 0.3) is 0 Å². The molecule has 0 amide bonds. The Morgan fingerprint density at radius 3 is 1.43 bits per heavy atom. The molecule has 0 atom stereocenters. The van der Waals surface area contributed by atoms with E-state index in [0.29, 0.717) is 24.3 Å². The zero-order valence-corrected chi connectivity index (χ0v) is 21.5. The van der Waals surface area contributed by atoms with E-state index in [2.05, 4.69) is 25.1 Å². The molecule has 0 aliphatic rings. The third kappa shape index (κ3) is 5.07. The summed E-state index contributed by atoms with van der Waals surface area (Å²) in [6, 6.07) is 12.3. The zero-order chi connectivity index (χ0) is 21.3. The number of hydrogen-bond donors (Lipinski definition) is 2. The topological polar surface area (TPSA) is 49.7 Å². The SMILES string of the molecule is COc1c(C)cc(Cc2cc(C)cc(Cc3cc(C)c(O)c(C)c3)c2O)cc1C.[W]. The van der Waals surface area contributed by atoms with E-state index >= 15 is 0 Å². The molecule has 0 heterocycles. The van der Waals surface area contributed by atoms with Gasteiger partial charge in [0.1, 0.15) is 17.2 Å². The average Bonchev–Trinajstić information content (AvgIpc) is 2.63. The van der Waals surface area contributed by atoms with Gasteiger partial charge in [-0.25, -0.2) is 0 Å². The molecule has 0 saturated carbocycles. The fraction of sp³-hybridized carbons (Fsp3) is 0.308. The Morgan fingerprint density at radius 1 is 0.633 bits per heavy atom. The van der Waals surface area contributed by atoms with Crippen molar-refractivity contribution in [3.63, 3.8) is 0 Å². The molecule has 0 radical (unpaired) electrons. The van der Waals surface area contributed by atoms with Crippen LogP contribution in [-0.2, 0) is 33.9 Å². The minimum atomic E-state index is 0. The summed E-state index contributed by atoms with van der Waals surface area (Å²) in [5.74, 6) is 1.61. The molecule has 158 valence electrons. The van der Waals surface area contributed by atoms with Crippen molar-refractivity contribution in [2.24, 2.45) is 0 Å². The van der Waals surface area contributed by atoms with Gasteiger partial charge in [0.15, 0.2) is 0 Å². The number of methoxy groups -OCH3 is 1. The van der Waals surface area contributed by atoms with Crippen molar-refractivity contribution in [2.45, 2.75) is 47.5 Å². The van der Waals surface area contributed by atoms with Crippen LogP contribution in [0.3, 0.4) is 0 Å². The Kier molecular flexibility index (Phi) is 7.77. The van der Waals surface area contributed by atoms with Crippen LogP contribution >= 0.6 is 0 Å². The fourth-order valence-corrected chi connectivity index (χ4v) is 4.26. The summed E-state index contributed by atoms with van der Waals surface area (Å²) in [5.41, 5.74) is 9.12. The molecule has 0 fully saturated rings. The Morgan fingerprint density at radius 2 is 1.03 bits per heavy atom. The Labute approximate surface area is 194 Å². The maximum absolute atomic E-state index is 11.0. The van der Waals surface area contributed by atoms with Crippen molar-refractivity contribution in [1.82, 2.24) is 0 Å². The molecule has 30 heavy (non-hydrogen) atoms. The van der Waals surface area contributed by atoms with Gasteiger partial charge in [-0.15, -0.1) is 0 Å². The minimum Gasteiger partial charge on any atom is -0.507 e. The van der Waals surface area contributed by atoms with Crippen LogP contribution in [0.1, 0.15) is 50.1 Å². The zero-order valence-electron chi connectivity index (χ0n) is 18.6. The van der Waals surface area contributed by atoms with Gasteiger partial charge in [-0.1, -0.05) is 42.0 Å². The summed E-state index contributed by atoms with van der Waals surface area (Å²) in [4.78, 5) is 0. The molecule has 4 heteroatoms. The summed E-state index contributed by atoms with van der Waals surface area (Å²) >= 11 is 0. The average molecular weight is 574 g/mol. The number of aromatic hydroxyl groups is 2. The normalized spacial score (nSPS) is 10.6. The monoisotopic (exact) mass is 574 g/mol. The van der Waals surface area contributed by atoms with E-state index in [1.165, 1.54) is 0 Å². The van der Waals surface area contributed by atoms with Gasteiger partial charge in [0, 0.05) is 33.9 Å². The van der Waals surface area contributed by atoms with Gasteiger partial charge in [-0.3, -0.25) is 0 Å². The van der Waals surface area contributed by atoms with Crippen LogP contribution in [0, 0.1) is 34.6 Å².